The highest BCUT2D eigenvalue weighted by atomic mass is 79.9. The van der Waals surface area contributed by atoms with Crippen LogP contribution in [-0.2, 0) is 4.74 Å². The molecule has 0 spiro atoms. The van der Waals surface area contributed by atoms with Crippen molar-refractivity contribution in [3.63, 3.8) is 0 Å². The highest BCUT2D eigenvalue weighted by molar-refractivity contribution is 9.10. The van der Waals surface area contributed by atoms with Crippen LogP contribution in [0, 0.1) is 11.3 Å². The molecule has 1 aromatic carbocycles. The summed E-state index contributed by atoms with van der Waals surface area (Å²) in [6.45, 7) is 3.29. The van der Waals surface area contributed by atoms with Gasteiger partial charge in [0.15, 0.2) is 0 Å². The molecule has 20 heavy (non-hydrogen) atoms. The Labute approximate surface area is 128 Å². The molecule has 0 unspecified atom stereocenters. The Hall–Kier alpha value is -1.09. The van der Waals surface area contributed by atoms with Crippen molar-refractivity contribution in [3.8, 4) is 6.07 Å². The quantitative estimate of drug-likeness (QED) is 0.839. The Morgan fingerprint density at radius 3 is 2.80 bits per heavy atom. The normalized spacial score (nSPS) is 16.1. The predicted molar refractivity (Wildman–Crippen MR) is 83.7 cm³/mol. The van der Waals surface area contributed by atoms with Crippen molar-refractivity contribution in [2.24, 2.45) is 5.73 Å². The van der Waals surface area contributed by atoms with E-state index in [1.54, 1.807) is 0 Å². The fraction of sp³-hybridized carbons (Fsp3) is 0.533. The van der Waals surface area contributed by atoms with Crippen molar-refractivity contribution in [2.75, 3.05) is 31.1 Å². The largest absolute Gasteiger partial charge is 0.378 e. The number of anilines is 1. The van der Waals surface area contributed by atoms with Crippen LogP contribution >= 0.6 is 15.9 Å². The number of benzene rings is 1. The number of ether oxygens (including phenoxy) is 1. The molecule has 108 valence electrons. The first kappa shape index (κ1) is 15.3. The van der Waals surface area contributed by atoms with Crippen LogP contribution in [0.15, 0.2) is 22.7 Å². The Bertz CT molecular complexity index is 478. The Morgan fingerprint density at radius 1 is 1.40 bits per heavy atom. The molecule has 0 saturated carbocycles. The minimum atomic E-state index is 0.329. The van der Waals surface area contributed by atoms with Gasteiger partial charge in [-0.15, -0.1) is 0 Å². The summed E-state index contributed by atoms with van der Waals surface area (Å²) >= 11 is 3.44. The van der Waals surface area contributed by atoms with Crippen molar-refractivity contribution >= 4 is 21.6 Å². The molecule has 1 heterocycles. The van der Waals surface area contributed by atoms with Gasteiger partial charge in [-0.05, 0) is 53.9 Å². The van der Waals surface area contributed by atoms with Gasteiger partial charge in [0.05, 0.1) is 17.4 Å². The average molecular weight is 338 g/mol. The zero-order valence-electron chi connectivity index (χ0n) is 11.5. The number of nitrogens with zero attached hydrogens (tertiary/aromatic N) is 2. The van der Waals surface area contributed by atoms with Crippen LogP contribution in [0.1, 0.15) is 24.8 Å². The smallest absolute Gasteiger partial charge is 0.103 e. The number of hydrogen-bond acceptors (Lipinski definition) is 4. The van der Waals surface area contributed by atoms with E-state index < -0.39 is 0 Å². The molecule has 0 atom stereocenters. The number of nitriles is 1. The molecular formula is C15H20BrN3O. The highest BCUT2D eigenvalue weighted by Gasteiger charge is 2.22. The molecule has 0 aromatic heterocycles. The van der Waals surface area contributed by atoms with Crippen LogP contribution in [0.25, 0.3) is 0 Å². The summed E-state index contributed by atoms with van der Waals surface area (Å²) < 4.78 is 6.67. The Morgan fingerprint density at radius 2 is 2.15 bits per heavy atom. The van der Waals surface area contributed by atoms with Crippen LogP contribution in [0.4, 0.5) is 5.69 Å². The molecule has 0 aliphatic carbocycles. The second kappa shape index (κ2) is 7.63. The zero-order valence-corrected chi connectivity index (χ0v) is 13.1. The lowest BCUT2D eigenvalue weighted by Gasteiger charge is -2.34. The van der Waals surface area contributed by atoms with Gasteiger partial charge in [-0.1, -0.05) is 6.07 Å². The molecule has 5 heteroatoms. The van der Waals surface area contributed by atoms with Crippen LogP contribution in [0.5, 0.6) is 0 Å². The van der Waals surface area contributed by atoms with Gasteiger partial charge >= 0.3 is 0 Å². The molecule has 4 nitrogen and oxygen atoms in total. The first-order valence-corrected chi connectivity index (χ1v) is 7.80. The summed E-state index contributed by atoms with van der Waals surface area (Å²) in [5.74, 6) is 0. The number of nitrogens with two attached hydrogens (primary N) is 1. The van der Waals surface area contributed by atoms with E-state index in [9.17, 15) is 5.26 Å². The molecule has 0 bridgehead atoms. The van der Waals surface area contributed by atoms with Crippen molar-refractivity contribution in [1.29, 1.82) is 5.26 Å². The minimum absolute atomic E-state index is 0.329. The van der Waals surface area contributed by atoms with Crippen LogP contribution in [-0.4, -0.2) is 32.3 Å². The van der Waals surface area contributed by atoms with E-state index in [-0.39, 0.29) is 0 Å². The standard InChI is InChI=1S/C15H20BrN3O/c16-14-3-1-4-15(13(14)11-18)19-8-5-12(6-9-19)20-10-2-7-17/h1,3-4,12H,2,5-10,17H2. The Balaban J connectivity index is 1.94. The van der Waals surface area contributed by atoms with Crippen LogP contribution in [0.3, 0.4) is 0 Å². The van der Waals surface area contributed by atoms with Crippen molar-refractivity contribution in [1.82, 2.24) is 0 Å². The maximum Gasteiger partial charge on any atom is 0.103 e. The predicted octanol–water partition coefficient (Wildman–Crippen LogP) is 2.65. The van der Waals surface area contributed by atoms with Gasteiger partial charge in [0.1, 0.15) is 6.07 Å². The van der Waals surface area contributed by atoms with E-state index >= 15 is 0 Å². The van der Waals surface area contributed by atoms with Gasteiger partial charge in [-0.25, -0.2) is 0 Å². The van der Waals surface area contributed by atoms with Gasteiger partial charge in [0.25, 0.3) is 0 Å². The summed E-state index contributed by atoms with van der Waals surface area (Å²) in [4.78, 5) is 2.27. The molecule has 1 aromatic rings. The third-order valence-electron chi connectivity index (χ3n) is 3.59. The van der Waals surface area contributed by atoms with Crippen molar-refractivity contribution in [2.45, 2.75) is 25.4 Å². The maximum atomic E-state index is 9.28. The van der Waals surface area contributed by atoms with E-state index in [1.165, 1.54) is 0 Å². The zero-order chi connectivity index (χ0) is 14.4. The molecule has 2 rings (SSSR count). The molecule has 0 radical (unpaired) electrons. The molecule has 1 aliphatic rings. The average Bonchev–Trinajstić information content (AvgIpc) is 2.48. The monoisotopic (exact) mass is 337 g/mol. The molecule has 2 N–H and O–H groups in total. The van der Waals surface area contributed by atoms with E-state index in [1.807, 2.05) is 18.2 Å². The molecule has 0 amide bonds. The highest BCUT2D eigenvalue weighted by Crippen LogP contribution is 2.29. The molecule has 1 aliphatic heterocycles. The Kier molecular flexibility index (Phi) is 5.84. The lowest BCUT2D eigenvalue weighted by Crippen LogP contribution is -2.37. The second-order valence-corrected chi connectivity index (χ2v) is 5.80. The lowest BCUT2D eigenvalue weighted by molar-refractivity contribution is 0.0366. The summed E-state index contributed by atoms with van der Waals surface area (Å²) in [5, 5.41) is 9.28. The van der Waals surface area contributed by atoms with Gasteiger partial charge in [0, 0.05) is 24.2 Å². The van der Waals surface area contributed by atoms with E-state index in [2.05, 4.69) is 26.9 Å². The first-order valence-electron chi connectivity index (χ1n) is 7.01. The lowest BCUT2D eigenvalue weighted by atomic mass is 10.1. The third kappa shape index (κ3) is 3.72. The number of rotatable bonds is 5. The topological polar surface area (TPSA) is 62.3 Å². The summed E-state index contributed by atoms with van der Waals surface area (Å²) in [6.07, 6.45) is 3.25. The van der Waals surface area contributed by atoms with E-state index in [0.29, 0.717) is 12.6 Å². The molecule has 1 fully saturated rings. The van der Waals surface area contributed by atoms with E-state index in [4.69, 9.17) is 10.5 Å². The summed E-state index contributed by atoms with van der Waals surface area (Å²) in [5.41, 5.74) is 7.20. The molecule has 1 saturated heterocycles. The SMILES string of the molecule is N#Cc1c(Br)cccc1N1CCC(OCCCN)CC1. The number of piperidine rings is 1. The number of halogens is 1. The van der Waals surface area contributed by atoms with Gasteiger partial charge in [0.2, 0.25) is 0 Å². The fourth-order valence-electron chi connectivity index (χ4n) is 2.48. The number of hydrogen-bond donors (Lipinski definition) is 1. The van der Waals surface area contributed by atoms with E-state index in [0.717, 1.165) is 54.7 Å². The van der Waals surface area contributed by atoms with Gasteiger partial charge < -0.3 is 15.4 Å². The third-order valence-corrected chi connectivity index (χ3v) is 4.25. The summed E-state index contributed by atoms with van der Waals surface area (Å²) in [7, 11) is 0. The van der Waals surface area contributed by atoms with Crippen LogP contribution < -0.4 is 10.6 Å². The summed E-state index contributed by atoms with van der Waals surface area (Å²) in [6, 6.07) is 8.18. The second-order valence-electron chi connectivity index (χ2n) is 4.95. The maximum absolute atomic E-state index is 9.28. The van der Waals surface area contributed by atoms with Gasteiger partial charge in [-0.2, -0.15) is 5.26 Å². The van der Waals surface area contributed by atoms with Crippen LogP contribution in [0.2, 0.25) is 0 Å². The first-order chi connectivity index (χ1) is 9.76. The fourth-order valence-corrected chi connectivity index (χ4v) is 2.93. The molecular weight excluding hydrogens is 318 g/mol. The van der Waals surface area contributed by atoms with Gasteiger partial charge in [-0.3, -0.25) is 0 Å². The minimum Gasteiger partial charge on any atom is -0.378 e. The van der Waals surface area contributed by atoms with Crippen molar-refractivity contribution in [3.05, 3.63) is 28.2 Å². The van der Waals surface area contributed by atoms with Crippen molar-refractivity contribution < 1.29 is 4.74 Å².